The zero-order valence-electron chi connectivity index (χ0n) is 11.2. The smallest absolute Gasteiger partial charge is 0.393 e. The van der Waals surface area contributed by atoms with Gasteiger partial charge in [-0.25, -0.2) is 0 Å². The Labute approximate surface area is 129 Å². The van der Waals surface area contributed by atoms with Gasteiger partial charge in [0.05, 0.1) is 11.5 Å². The number of carbonyl (C=O) groups excluding carboxylic acids is 1. The monoisotopic (exact) mass is 364 g/mol. The highest BCUT2D eigenvalue weighted by molar-refractivity contribution is 9.10. The molecule has 0 spiro atoms. The summed E-state index contributed by atoms with van der Waals surface area (Å²) in [4.78, 5) is 12.2. The molecule has 1 fully saturated rings. The molecule has 3 N–H and O–H groups in total. The zero-order chi connectivity index (χ0) is 15.6. The standard InChI is InChI=1S/C14H16BrF3N2O/c15-11-6-5-8(19)7-9(11)13(21)20-12-4-2-1-3-10(12)14(16,17)18/h5-7,10,12H,1-4,19H2,(H,20,21). The van der Waals surface area contributed by atoms with Crippen LogP contribution in [0.3, 0.4) is 0 Å². The van der Waals surface area contributed by atoms with Crippen molar-refractivity contribution in [1.29, 1.82) is 0 Å². The van der Waals surface area contributed by atoms with Crippen LogP contribution in [-0.2, 0) is 0 Å². The van der Waals surface area contributed by atoms with E-state index in [9.17, 15) is 18.0 Å². The number of amides is 1. The van der Waals surface area contributed by atoms with Gasteiger partial charge in [-0.1, -0.05) is 12.8 Å². The second kappa shape index (κ2) is 6.25. The SMILES string of the molecule is Nc1ccc(Br)c(C(=O)NC2CCCCC2C(F)(F)F)c1. The van der Waals surface area contributed by atoms with Crippen LogP contribution in [0.1, 0.15) is 36.0 Å². The van der Waals surface area contributed by atoms with Gasteiger partial charge < -0.3 is 11.1 Å². The highest BCUT2D eigenvalue weighted by Crippen LogP contribution is 2.38. The summed E-state index contributed by atoms with van der Waals surface area (Å²) >= 11 is 3.21. The van der Waals surface area contributed by atoms with Crippen LogP contribution in [0.15, 0.2) is 22.7 Å². The van der Waals surface area contributed by atoms with Gasteiger partial charge in [0.15, 0.2) is 0 Å². The molecule has 21 heavy (non-hydrogen) atoms. The minimum absolute atomic E-state index is 0.0620. The third kappa shape index (κ3) is 3.90. The van der Waals surface area contributed by atoms with Crippen LogP contribution in [0.25, 0.3) is 0 Å². The second-order valence-electron chi connectivity index (χ2n) is 5.25. The molecule has 7 heteroatoms. The van der Waals surface area contributed by atoms with E-state index in [1.54, 1.807) is 12.1 Å². The number of alkyl halides is 3. The summed E-state index contributed by atoms with van der Waals surface area (Å²) < 4.78 is 39.5. The van der Waals surface area contributed by atoms with Crippen molar-refractivity contribution in [3.8, 4) is 0 Å². The molecule has 2 unspecified atom stereocenters. The molecule has 3 nitrogen and oxygen atoms in total. The molecule has 0 bridgehead atoms. The third-order valence-electron chi connectivity index (χ3n) is 3.74. The van der Waals surface area contributed by atoms with E-state index >= 15 is 0 Å². The molecule has 2 atom stereocenters. The highest BCUT2D eigenvalue weighted by atomic mass is 79.9. The summed E-state index contributed by atoms with van der Waals surface area (Å²) in [7, 11) is 0. The fraction of sp³-hybridized carbons (Fsp3) is 0.500. The van der Waals surface area contributed by atoms with Crippen molar-refractivity contribution in [3.05, 3.63) is 28.2 Å². The average Bonchev–Trinajstić information content (AvgIpc) is 2.41. The Balaban J connectivity index is 2.15. The molecule has 0 saturated heterocycles. The summed E-state index contributed by atoms with van der Waals surface area (Å²) in [5, 5.41) is 2.52. The van der Waals surface area contributed by atoms with Gasteiger partial charge in [-0.3, -0.25) is 4.79 Å². The second-order valence-corrected chi connectivity index (χ2v) is 6.11. The number of hydrogen-bond donors (Lipinski definition) is 2. The summed E-state index contributed by atoms with van der Waals surface area (Å²) in [5.74, 6) is -2.01. The van der Waals surface area contributed by atoms with E-state index in [-0.39, 0.29) is 12.0 Å². The number of hydrogen-bond acceptors (Lipinski definition) is 2. The normalized spacial score (nSPS) is 22.9. The minimum Gasteiger partial charge on any atom is -0.399 e. The van der Waals surface area contributed by atoms with Crippen molar-refractivity contribution < 1.29 is 18.0 Å². The molecule has 0 aliphatic heterocycles. The van der Waals surface area contributed by atoms with Crippen LogP contribution in [0.5, 0.6) is 0 Å². The molecule has 0 aromatic heterocycles. The molecule has 0 radical (unpaired) electrons. The van der Waals surface area contributed by atoms with Crippen LogP contribution in [0.4, 0.5) is 18.9 Å². The lowest BCUT2D eigenvalue weighted by molar-refractivity contribution is -0.187. The molecule has 0 heterocycles. The van der Waals surface area contributed by atoms with Gasteiger partial charge in [0.2, 0.25) is 0 Å². The first-order valence-electron chi connectivity index (χ1n) is 6.71. The van der Waals surface area contributed by atoms with Crippen molar-refractivity contribution in [2.45, 2.75) is 37.9 Å². The van der Waals surface area contributed by atoms with E-state index < -0.39 is 24.0 Å². The van der Waals surface area contributed by atoms with E-state index in [4.69, 9.17) is 5.73 Å². The largest absolute Gasteiger partial charge is 0.399 e. The minimum atomic E-state index is -4.29. The number of nitrogens with two attached hydrogens (primary N) is 1. The molecule has 1 aliphatic rings. The molecule has 1 aromatic rings. The third-order valence-corrected chi connectivity index (χ3v) is 4.43. The predicted molar refractivity (Wildman–Crippen MR) is 77.8 cm³/mol. The van der Waals surface area contributed by atoms with Crippen molar-refractivity contribution in [1.82, 2.24) is 5.32 Å². The number of benzene rings is 1. The summed E-state index contributed by atoms with van der Waals surface area (Å²) in [6.45, 7) is 0. The lowest BCUT2D eigenvalue weighted by Gasteiger charge is -2.33. The lowest BCUT2D eigenvalue weighted by atomic mass is 9.84. The van der Waals surface area contributed by atoms with E-state index in [2.05, 4.69) is 21.2 Å². The Hall–Kier alpha value is -1.24. The van der Waals surface area contributed by atoms with Gasteiger partial charge in [-0.2, -0.15) is 13.2 Å². The zero-order valence-corrected chi connectivity index (χ0v) is 12.8. The number of nitrogen functional groups attached to an aromatic ring is 1. The number of halogens is 4. The number of carbonyl (C=O) groups is 1. The number of nitrogens with one attached hydrogen (secondary N) is 1. The quantitative estimate of drug-likeness (QED) is 0.782. The first-order valence-corrected chi connectivity index (χ1v) is 7.51. The van der Waals surface area contributed by atoms with Crippen molar-refractivity contribution >= 4 is 27.5 Å². The van der Waals surface area contributed by atoms with Crippen molar-refractivity contribution in [2.24, 2.45) is 5.92 Å². The first-order chi connectivity index (χ1) is 9.79. The molecule has 1 amide bonds. The van der Waals surface area contributed by atoms with Gasteiger partial charge in [-0.05, 0) is 47.0 Å². The summed E-state index contributed by atoms with van der Waals surface area (Å²) in [6.07, 6.45) is -2.65. The molecule has 2 rings (SSSR count). The van der Waals surface area contributed by atoms with Crippen LogP contribution < -0.4 is 11.1 Å². The van der Waals surface area contributed by atoms with Gasteiger partial charge in [0.1, 0.15) is 0 Å². The van der Waals surface area contributed by atoms with Gasteiger partial charge >= 0.3 is 6.18 Å². The average molecular weight is 365 g/mol. The predicted octanol–water partition coefficient (Wildman–Crippen LogP) is 3.88. The van der Waals surface area contributed by atoms with E-state index in [0.29, 0.717) is 29.4 Å². The van der Waals surface area contributed by atoms with Crippen LogP contribution in [0.2, 0.25) is 0 Å². The summed E-state index contributed by atoms with van der Waals surface area (Å²) in [5.41, 5.74) is 6.25. The molecule has 1 saturated carbocycles. The maximum atomic E-state index is 13.0. The van der Waals surface area contributed by atoms with Crippen LogP contribution in [0, 0.1) is 5.92 Å². The number of anilines is 1. The molecule has 1 aromatic carbocycles. The van der Waals surface area contributed by atoms with Crippen LogP contribution in [-0.4, -0.2) is 18.1 Å². The molecular formula is C14H16BrF3N2O. The maximum absolute atomic E-state index is 13.0. The van der Waals surface area contributed by atoms with Crippen LogP contribution >= 0.6 is 15.9 Å². The fourth-order valence-corrected chi connectivity index (χ4v) is 3.09. The van der Waals surface area contributed by atoms with E-state index in [1.165, 1.54) is 6.07 Å². The summed E-state index contributed by atoms with van der Waals surface area (Å²) in [6, 6.07) is 3.79. The van der Waals surface area contributed by atoms with Gasteiger partial charge in [0, 0.05) is 16.2 Å². The van der Waals surface area contributed by atoms with Gasteiger partial charge in [0.25, 0.3) is 5.91 Å². The Bertz CT molecular complexity index is 533. The Kier molecular flexibility index (Phi) is 4.81. The molecule has 1 aliphatic carbocycles. The van der Waals surface area contributed by atoms with E-state index in [1.807, 2.05) is 0 Å². The molecule has 116 valence electrons. The van der Waals surface area contributed by atoms with Crippen molar-refractivity contribution in [2.75, 3.05) is 5.73 Å². The topological polar surface area (TPSA) is 55.1 Å². The van der Waals surface area contributed by atoms with Crippen molar-refractivity contribution in [3.63, 3.8) is 0 Å². The Morgan fingerprint density at radius 3 is 2.62 bits per heavy atom. The fourth-order valence-electron chi connectivity index (χ4n) is 2.66. The lowest BCUT2D eigenvalue weighted by Crippen LogP contribution is -2.47. The molecular weight excluding hydrogens is 349 g/mol. The Morgan fingerprint density at radius 1 is 1.29 bits per heavy atom. The maximum Gasteiger partial charge on any atom is 0.393 e. The highest BCUT2D eigenvalue weighted by Gasteiger charge is 2.46. The first kappa shape index (κ1) is 16.1. The van der Waals surface area contributed by atoms with Gasteiger partial charge in [-0.15, -0.1) is 0 Å². The van der Waals surface area contributed by atoms with E-state index in [0.717, 1.165) is 0 Å². The Morgan fingerprint density at radius 2 is 1.95 bits per heavy atom. The number of rotatable bonds is 2.